The monoisotopic (exact) mass is 280 g/mol. The maximum atomic E-state index is 11.3. The predicted octanol–water partition coefficient (Wildman–Crippen LogP) is 2.44. The lowest BCUT2D eigenvalue weighted by atomic mass is 9.65. The minimum absolute atomic E-state index is 0.387. The molecule has 3 N–H and O–H groups in total. The Morgan fingerprint density at radius 3 is 2.70 bits per heavy atom. The molecule has 0 aromatic carbocycles. The Bertz CT molecular complexity index is 309. The second-order valence-electron chi connectivity index (χ2n) is 7.41. The molecule has 3 nitrogen and oxygen atoms in total. The van der Waals surface area contributed by atoms with Gasteiger partial charge in [-0.05, 0) is 70.0 Å². The Hall–Kier alpha value is -0.120. The fraction of sp³-hybridized carbons (Fsp3) is 1.00. The summed E-state index contributed by atoms with van der Waals surface area (Å²) in [6.07, 6.45) is 12.4. The predicted molar refractivity (Wildman–Crippen MR) is 82.8 cm³/mol. The average molecular weight is 280 g/mol. The van der Waals surface area contributed by atoms with E-state index in [1.807, 2.05) is 0 Å². The highest BCUT2D eigenvalue weighted by atomic mass is 16.3. The second kappa shape index (κ2) is 6.76. The summed E-state index contributed by atoms with van der Waals surface area (Å²) in [7, 11) is 0. The van der Waals surface area contributed by atoms with Crippen LogP contribution in [0.15, 0.2) is 0 Å². The van der Waals surface area contributed by atoms with Crippen LogP contribution in [0.2, 0.25) is 0 Å². The molecule has 2 heterocycles. The Balaban J connectivity index is 1.74. The van der Waals surface area contributed by atoms with Gasteiger partial charge in [-0.15, -0.1) is 0 Å². The largest absolute Gasteiger partial charge is 0.389 e. The molecule has 4 atom stereocenters. The molecule has 2 saturated heterocycles. The summed E-state index contributed by atoms with van der Waals surface area (Å²) in [6.45, 7) is 3.31. The molecule has 0 aromatic heterocycles. The molecule has 20 heavy (non-hydrogen) atoms. The third kappa shape index (κ3) is 3.37. The SMILES string of the molecule is OC12CCNC(CCCCCNCC3CCCCC31)C2. The van der Waals surface area contributed by atoms with E-state index in [1.165, 1.54) is 57.9 Å². The number of rotatable bonds is 0. The molecular weight excluding hydrogens is 248 g/mol. The molecule has 0 spiro atoms. The first-order valence-corrected chi connectivity index (χ1v) is 8.94. The van der Waals surface area contributed by atoms with Crippen LogP contribution < -0.4 is 10.6 Å². The van der Waals surface area contributed by atoms with Crippen molar-refractivity contribution in [1.29, 1.82) is 0 Å². The maximum Gasteiger partial charge on any atom is 0.0705 e. The van der Waals surface area contributed by atoms with Gasteiger partial charge >= 0.3 is 0 Å². The number of hydrogen-bond acceptors (Lipinski definition) is 3. The minimum Gasteiger partial charge on any atom is -0.389 e. The summed E-state index contributed by atoms with van der Waals surface area (Å²) in [6, 6.07) is 0.559. The number of fused-ring (bicyclic) bond motifs is 4. The normalized spacial score (nSPS) is 44.0. The lowest BCUT2D eigenvalue weighted by Crippen LogP contribution is -2.55. The van der Waals surface area contributed by atoms with E-state index in [9.17, 15) is 5.11 Å². The average Bonchev–Trinajstić information content (AvgIpc) is 2.46. The van der Waals surface area contributed by atoms with Gasteiger partial charge in [-0.25, -0.2) is 0 Å². The first-order chi connectivity index (χ1) is 9.78. The van der Waals surface area contributed by atoms with E-state index >= 15 is 0 Å². The number of nitrogens with one attached hydrogen (secondary N) is 2. The van der Waals surface area contributed by atoms with Gasteiger partial charge in [0.1, 0.15) is 0 Å². The molecular formula is C17H32N2O. The third-order valence-electron chi connectivity index (χ3n) is 6.00. The number of piperidine rings is 1. The molecule has 4 unspecified atom stereocenters. The fourth-order valence-corrected chi connectivity index (χ4v) is 4.90. The van der Waals surface area contributed by atoms with E-state index < -0.39 is 0 Å². The zero-order valence-corrected chi connectivity index (χ0v) is 12.9. The van der Waals surface area contributed by atoms with Crippen molar-refractivity contribution in [2.24, 2.45) is 11.8 Å². The van der Waals surface area contributed by atoms with Gasteiger partial charge in [-0.2, -0.15) is 0 Å². The van der Waals surface area contributed by atoms with Crippen LogP contribution in [0.25, 0.3) is 0 Å². The molecule has 3 rings (SSSR count). The van der Waals surface area contributed by atoms with Crippen molar-refractivity contribution < 1.29 is 5.11 Å². The van der Waals surface area contributed by atoms with Crippen molar-refractivity contribution in [2.75, 3.05) is 19.6 Å². The van der Waals surface area contributed by atoms with Gasteiger partial charge in [0, 0.05) is 6.04 Å². The summed E-state index contributed by atoms with van der Waals surface area (Å²) in [5.74, 6) is 1.24. The molecule has 3 fully saturated rings. The Labute approximate surface area is 123 Å². The summed E-state index contributed by atoms with van der Waals surface area (Å²) >= 11 is 0. The Morgan fingerprint density at radius 2 is 1.75 bits per heavy atom. The quantitative estimate of drug-likeness (QED) is 0.638. The molecule has 1 aliphatic carbocycles. The summed E-state index contributed by atoms with van der Waals surface area (Å²) in [4.78, 5) is 0. The van der Waals surface area contributed by atoms with Crippen molar-refractivity contribution >= 4 is 0 Å². The highest BCUT2D eigenvalue weighted by Gasteiger charge is 2.44. The first-order valence-electron chi connectivity index (χ1n) is 8.94. The molecule has 1 saturated carbocycles. The van der Waals surface area contributed by atoms with Crippen LogP contribution in [-0.2, 0) is 0 Å². The third-order valence-corrected chi connectivity index (χ3v) is 6.00. The lowest BCUT2D eigenvalue weighted by Gasteiger charge is -2.48. The second-order valence-corrected chi connectivity index (χ2v) is 7.41. The van der Waals surface area contributed by atoms with Crippen LogP contribution in [0.4, 0.5) is 0 Å². The molecule has 0 aromatic rings. The van der Waals surface area contributed by atoms with Crippen LogP contribution in [0.1, 0.15) is 64.2 Å². The van der Waals surface area contributed by atoms with Gasteiger partial charge in [0.05, 0.1) is 5.60 Å². The lowest BCUT2D eigenvalue weighted by molar-refractivity contribution is -0.0876. The zero-order valence-electron chi connectivity index (χ0n) is 12.9. The minimum atomic E-state index is -0.387. The number of hydrogen-bond donors (Lipinski definition) is 3. The van der Waals surface area contributed by atoms with Crippen molar-refractivity contribution in [3.8, 4) is 0 Å². The van der Waals surface area contributed by atoms with E-state index in [4.69, 9.17) is 0 Å². The van der Waals surface area contributed by atoms with E-state index in [0.29, 0.717) is 17.9 Å². The van der Waals surface area contributed by atoms with E-state index in [-0.39, 0.29) is 5.60 Å². The zero-order chi connectivity index (χ0) is 13.8. The van der Waals surface area contributed by atoms with Gasteiger partial charge < -0.3 is 15.7 Å². The van der Waals surface area contributed by atoms with Crippen molar-refractivity contribution in [1.82, 2.24) is 10.6 Å². The fourth-order valence-electron chi connectivity index (χ4n) is 4.90. The Morgan fingerprint density at radius 1 is 0.900 bits per heavy atom. The van der Waals surface area contributed by atoms with E-state index in [0.717, 1.165) is 25.9 Å². The van der Waals surface area contributed by atoms with Crippen molar-refractivity contribution in [3.05, 3.63) is 0 Å². The molecule has 0 radical (unpaired) electrons. The maximum absolute atomic E-state index is 11.3. The summed E-state index contributed by atoms with van der Waals surface area (Å²) in [5, 5.41) is 18.6. The van der Waals surface area contributed by atoms with Crippen molar-refractivity contribution in [3.63, 3.8) is 0 Å². The topological polar surface area (TPSA) is 44.3 Å². The highest BCUT2D eigenvalue weighted by Crippen LogP contribution is 2.42. The first kappa shape index (κ1) is 14.8. The van der Waals surface area contributed by atoms with Gasteiger partial charge in [0.2, 0.25) is 0 Å². The molecule has 3 aliphatic rings. The van der Waals surface area contributed by atoms with Gasteiger partial charge in [-0.1, -0.05) is 25.7 Å². The van der Waals surface area contributed by atoms with Crippen LogP contribution in [0.5, 0.6) is 0 Å². The molecule has 2 bridgehead atoms. The molecule has 3 heteroatoms. The Kier molecular flexibility index (Phi) is 5.00. The van der Waals surface area contributed by atoms with Crippen molar-refractivity contribution in [2.45, 2.75) is 75.9 Å². The van der Waals surface area contributed by atoms with Crippen LogP contribution in [0.3, 0.4) is 0 Å². The smallest absolute Gasteiger partial charge is 0.0705 e. The highest BCUT2D eigenvalue weighted by molar-refractivity contribution is 4.98. The summed E-state index contributed by atoms with van der Waals surface area (Å²) < 4.78 is 0. The van der Waals surface area contributed by atoms with E-state index in [2.05, 4.69) is 10.6 Å². The van der Waals surface area contributed by atoms with Crippen LogP contribution in [-0.4, -0.2) is 36.4 Å². The molecule has 116 valence electrons. The van der Waals surface area contributed by atoms with Crippen LogP contribution in [0, 0.1) is 11.8 Å². The summed E-state index contributed by atoms with van der Waals surface area (Å²) in [5.41, 5.74) is -0.387. The van der Waals surface area contributed by atoms with Gasteiger partial charge in [-0.3, -0.25) is 0 Å². The molecule has 0 amide bonds. The molecule has 2 aliphatic heterocycles. The van der Waals surface area contributed by atoms with Crippen LogP contribution >= 0.6 is 0 Å². The number of aliphatic hydroxyl groups is 1. The van der Waals surface area contributed by atoms with Gasteiger partial charge in [0.15, 0.2) is 0 Å². The van der Waals surface area contributed by atoms with E-state index in [1.54, 1.807) is 0 Å². The van der Waals surface area contributed by atoms with Gasteiger partial charge in [0.25, 0.3) is 0 Å². The standard InChI is InChI=1S/C17H32N2O/c20-17-9-11-19-15(12-17)7-2-1-5-10-18-13-14-6-3-4-8-16(14)17/h14-16,18-20H,1-13H2.